The molecule has 1 aromatic carbocycles. The topological polar surface area (TPSA) is 25.2 Å². The first kappa shape index (κ1) is 13.7. The molecule has 2 aromatic rings. The molecule has 0 spiro atoms. The summed E-state index contributed by atoms with van der Waals surface area (Å²) in [5, 5.41) is 3.08. The first-order valence-electron chi connectivity index (χ1n) is 5.80. The SMILES string of the molecule is CNC(c1ccoc1)c1ccc(C(F)(F)F)cc1C. The van der Waals surface area contributed by atoms with Crippen LogP contribution in [-0.4, -0.2) is 7.05 Å². The molecule has 0 saturated carbocycles. The molecule has 0 bridgehead atoms. The van der Waals surface area contributed by atoms with E-state index >= 15 is 0 Å². The maximum absolute atomic E-state index is 12.6. The average molecular weight is 269 g/mol. The van der Waals surface area contributed by atoms with E-state index < -0.39 is 11.7 Å². The molecule has 0 radical (unpaired) electrons. The highest BCUT2D eigenvalue weighted by atomic mass is 19.4. The molecule has 0 amide bonds. The molecule has 0 fully saturated rings. The summed E-state index contributed by atoms with van der Waals surface area (Å²) in [6.07, 6.45) is -1.19. The first-order chi connectivity index (χ1) is 8.93. The number of halogens is 3. The van der Waals surface area contributed by atoms with Crippen LogP contribution in [0.2, 0.25) is 0 Å². The average Bonchev–Trinajstić information content (AvgIpc) is 2.84. The van der Waals surface area contributed by atoms with E-state index in [4.69, 9.17) is 4.42 Å². The van der Waals surface area contributed by atoms with Gasteiger partial charge in [0.1, 0.15) is 0 Å². The lowest BCUT2D eigenvalue weighted by Gasteiger charge is -2.19. The molecule has 2 rings (SSSR count). The van der Waals surface area contributed by atoms with Crippen molar-refractivity contribution >= 4 is 0 Å². The number of rotatable bonds is 3. The molecule has 0 aliphatic rings. The third-order valence-electron chi connectivity index (χ3n) is 3.07. The second-order valence-corrected chi connectivity index (χ2v) is 4.35. The molecule has 1 N–H and O–H groups in total. The maximum atomic E-state index is 12.6. The molecule has 102 valence electrons. The number of furan rings is 1. The standard InChI is InChI=1S/C14H14F3NO/c1-9-7-11(14(15,16)17)3-4-12(9)13(18-2)10-5-6-19-8-10/h3-8,13,18H,1-2H3. The molecule has 0 aliphatic heterocycles. The summed E-state index contributed by atoms with van der Waals surface area (Å²) in [6, 6.07) is 5.39. The van der Waals surface area contributed by atoms with Gasteiger partial charge in [-0.1, -0.05) is 6.07 Å². The maximum Gasteiger partial charge on any atom is 0.416 e. The Morgan fingerprint density at radius 3 is 2.42 bits per heavy atom. The Kier molecular flexibility index (Phi) is 3.66. The summed E-state index contributed by atoms with van der Waals surface area (Å²) < 4.78 is 42.9. The van der Waals surface area contributed by atoms with Crippen molar-refractivity contribution < 1.29 is 17.6 Å². The van der Waals surface area contributed by atoms with E-state index in [-0.39, 0.29) is 6.04 Å². The number of nitrogens with one attached hydrogen (secondary N) is 1. The fourth-order valence-electron chi connectivity index (χ4n) is 2.12. The summed E-state index contributed by atoms with van der Waals surface area (Å²) >= 11 is 0. The number of hydrogen-bond donors (Lipinski definition) is 1. The summed E-state index contributed by atoms with van der Waals surface area (Å²) in [6.45, 7) is 1.68. The van der Waals surface area contributed by atoms with Gasteiger partial charge >= 0.3 is 6.18 Å². The van der Waals surface area contributed by atoms with Gasteiger partial charge in [-0.25, -0.2) is 0 Å². The van der Waals surface area contributed by atoms with Gasteiger partial charge in [-0.2, -0.15) is 13.2 Å². The van der Waals surface area contributed by atoms with Gasteiger partial charge in [0.15, 0.2) is 0 Å². The number of aryl methyl sites for hydroxylation is 1. The van der Waals surface area contributed by atoms with Crippen LogP contribution in [0.5, 0.6) is 0 Å². The van der Waals surface area contributed by atoms with Gasteiger partial charge in [-0.3, -0.25) is 0 Å². The predicted molar refractivity (Wildman–Crippen MR) is 65.8 cm³/mol. The molecule has 0 aliphatic carbocycles. The molecule has 1 atom stereocenters. The minimum atomic E-state index is -4.31. The van der Waals surface area contributed by atoms with Crippen LogP contribution in [0.25, 0.3) is 0 Å². The highest BCUT2D eigenvalue weighted by Gasteiger charge is 2.31. The van der Waals surface area contributed by atoms with Gasteiger partial charge < -0.3 is 9.73 Å². The smallest absolute Gasteiger partial charge is 0.416 e. The second-order valence-electron chi connectivity index (χ2n) is 4.35. The van der Waals surface area contributed by atoms with Crippen molar-refractivity contribution in [2.75, 3.05) is 7.05 Å². The lowest BCUT2D eigenvalue weighted by molar-refractivity contribution is -0.137. The van der Waals surface area contributed by atoms with Crippen LogP contribution in [-0.2, 0) is 6.18 Å². The zero-order valence-corrected chi connectivity index (χ0v) is 10.6. The summed E-state index contributed by atoms with van der Waals surface area (Å²) in [7, 11) is 1.76. The third kappa shape index (κ3) is 2.81. The Morgan fingerprint density at radius 2 is 1.95 bits per heavy atom. The van der Waals surface area contributed by atoms with Crippen molar-refractivity contribution in [3.63, 3.8) is 0 Å². The molecule has 0 saturated heterocycles. The number of benzene rings is 1. The van der Waals surface area contributed by atoms with Crippen molar-refractivity contribution in [3.8, 4) is 0 Å². The van der Waals surface area contributed by atoms with Crippen molar-refractivity contribution in [1.29, 1.82) is 0 Å². The molecule has 2 nitrogen and oxygen atoms in total. The fourth-order valence-corrected chi connectivity index (χ4v) is 2.12. The van der Waals surface area contributed by atoms with Gasteiger partial charge in [0.2, 0.25) is 0 Å². The monoisotopic (exact) mass is 269 g/mol. The van der Waals surface area contributed by atoms with Gasteiger partial charge in [0.05, 0.1) is 24.1 Å². The van der Waals surface area contributed by atoms with Crippen LogP contribution in [0.3, 0.4) is 0 Å². The molecule has 1 aromatic heterocycles. The summed E-state index contributed by atoms with van der Waals surface area (Å²) in [4.78, 5) is 0. The molecular formula is C14H14F3NO. The van der Waals surface area contributed by atoms with E-state index in [1.165, 1.54) is 12.1 Å². The Balaban J connectivity index is 2.40. The van der Waals surface area contributed by atoms with Gasteiger partial charge in [0.25, 0.3) is 0 Å². The largest absolute Gasteiger partial charge is 0.472 e. The minimum Gasteiger partial charge on any atom is -0.472 e. The summed E-state index contributed by atoms with van der Waals surface area (Å²) in [5.74, 6) is 0. The zero-order chi connectivity index (χ0) is 14.0. The Bertz CT molecular complexity index is 546. The van der Waals surface area contributed by atoms with Crippen molar-refractivity contribution in [3.05, 3.63) is 59.0 Å². The van der Waals surface area contributed by atoms with E-state index in [9.17, 15) is 13.2 Å². The lowest BCUT2D eigenvalue weighted by Crippen LogP contribution is -2.18. The fraction of sp³-hybridized carbons (Fsp3) is 0.286. The molecule has 19 heavy (non-hydrogen) atoms. The third-order valence-corrected chi connectivity index (χ3v) is 3.07. The molecule has 5 heteroatoms. The molecule has 1 unspecified atom stereocenters. The van der Waals surface area contributed by atoms with E-state index in [1.54, 1.807) is 32.6 Å². The van der Waals surface area contributed by atoms with Gasteiger partial charge in [0, 0.05) is 5.56 Å². The van der Waals surface area contributed by atoms with Crippen LogP contribution in [0.1, 0.15) is 28.3 Å². The normalized spacial score (nSPS) is 13.5. The lowest BCUT2D eigenvalue weighted by atomic mass is 9.95. The van der Waals surface area contributed by atoms with E-state index in [0.29, 0.717) is 5.56 Å². The van der Waals surface area contributed by atoms with Crippen LogP contribution in [0, 0.1) is 6.92 Å². The van der Waals surface area contributed by atoms with Gasteiger partial charge in [-0.05, 0) is 43.3 Å². The second kappa shape index (κ2) is 5.09. The zero-order valence-electron chi connectivity index (χ0n) is 10.6. The van der Waals surface area contributed by atoms with Crippen LogP contribution in [0.15, 0.2) is 41.2 Å². The van der Waals surface area contributed by atoms with Crippen LogP contribution in [0.4, 0.5) is 13.2 Å². The number of hydrogen-bond acceptors (Lipinski definition) is 2. The highest BCUT2D eigenvalue weighted by molar-refractivity contribution is 5.39. The Morgan fingerprint density at radius 1 is 1.21 bits per heavy atom. The highest BCUT2D eigenvalue weighted by Crippen LogP contribution is 2.33. The Hall–Kier alpha value is -1.75. The van der Waals surface area contributed by atoms with E-state index in [1.807, 2.05) is 0 Å². The van der Waals surface area contributed by atoms with Gasteiger partial charge in [-0.15, -0.1) is 0 Å². The molecule has 1 heterocycles. The van der Waals surface area contributed by atoms with Crippen LogP contribution < -0.4 is 5.32 Å². The van der Waals surface area contributed by atoms with E-state index in [2.05, 4.69) is 5.32 Å². The van der Waals surface area contributed by atoms with Crippen molar-refractivity contribution in [2.45, 2.75) is 19.1 Å². The van der Waals surface area contributed by atoms with Crippen molar-refractivity contribution in [2.24, 2.45) is 0 Å². The molecular weight excluding hydrogens is 255 g/mol. The quantitative estimate of drug-likeness (QED) is 0.913. The number of alkyl halides is 3. The minimum absolute atomic E-state index is 0.180. The first-order valence-corrected chi connectivity index (χ1v) is 5.80. The van der Waals surface area contributed by atoms with E-state index in [0.717, 1.165) is 17.2 Å². The summed E-state index contributed by atoms with van der Waals surface area (Å²) in [5.41, 5.74) is 1.65. The van der Waals surface area contributed by atoms with Crippen LogP contribution >= 0.6 is 0 Å². The Labute approximate surface area is 109 Å². The predicted octanol–water partition coefficient (Wildman–Crippen LogP) is 3.92. The van der Waals surface area contributed by atoms with Crippen molar-refractivity contribution in [1.82, 2.24) is 5.32 Å².